The third-order valence-corrected chi connectivity index (χ3v) is 3.99. The fourth-order valence-electron chi connectivity index (χ4n) is 2.88. The number of alkyl halides is 2. The van der Waals surface area contributed by atoms with Gasteiger partial charge in [0.1, 0.15) is 18.8 Å². The minimum absolute atomic E-state index is 0.172. The van der Waals surface area contributed by atoms with Gasteiger partial charge in [0.15, 0.2) is 11.9 Å². The van der Waals surface area contributed by atoms with Crippen molar-refractivity contribution in [3.05, 3.63) is 0 Å². The summed E-state index contributed by atoms with van der Waals surface area (Å²) in [5.41, 5.74) is 0. The minimum Gasteiger partial charge on any atom is -0.461 e. The summed E-state index contributed by atoms with van der Waals surface area (Å²) in [6.07, 6.45) is -0.192. The Morgan fingerprint density at radius 1 is 1.33 bits per heavy atom. The number of cyclic esters (lactones) is 1. The van der Waals surface area contributed by atoms with Crippen LogP contribution >= 0.6 is 0 Å². The molecule has 0 aromatic rings. The minimum atomic E-state index is -3.49. The van der Waals surface area contributed by atoms with Crippen molar-refractivity contribution in [3.63, 3.8) is 0 Å². The maximum Gasteiger partial charge on any atom is 0.376 e. The second-order valence-corrected chi connectivity index (χ2v) is 5.73. The summed E-state index contributed by atoms with van der Waals surface area (Å²) in [4.78, 5) is 22.6. The molecule has 0 aromatic carbocycles. The van der Waals surface area contributed by atoms with Gasteiger partial charge in [-0.2, -0.15) is 8.78 Å². The number of esters is 2. The Labute approximate surface area is 119 Å². The SMILES string of the molecule is CC(F)(F)C(=O)OC1CCC2(CC1)OC1COC(=O)C1O2. The fourth-order valence-corrected chi connectivity index (χ4v) is 2.88. The molecule has 2 heterocycles. The predicted octanol–water partition coefficient (Wildman–Crippen LogP) is 1.16. The van der Waals surface area contributed by atoms with Crippen molar-refractivity contribution in [1.82, 2.24) is 0 Å². The van der Waals surface area contributed by atoms with Crippen LogP contribution in [-0.2, 0) is 28.5 Å². The second-order valence-electron chi connectivity index (χ2n) is 5.73. The highest BCUT2D eigenvalue weighted by Gasteiger charge is 2.56. The normalized spacial score (nSPS) is 39.2. The van der Waals surface area contributed by atoms with Gasteiger partial charge in [-0.25, -0.2) is 9.59 Å². The van der Waals surface area contributed by atoms with E-state index >= 15 is 0 Å². The average molecular weight is 306 g/mol. The summed E-state index contributed by atoms with van der Waals surface area (Å²) in [5, 5.41) is 0. The Morgan fingerprint density at radius 2 is 2.00 bits per heavy atom. The molecule has 2 atom stereocenters. The lowest BCUT2D eigenvalue weighted by Gasteiger charge is -2.36. The molecule has 8 heteroatoms. The molecule has 0 radical (unpaired) electrons. The van der Waals surface area contributed by atoms with Crippen LogP contribution in [0, 0.1) is 0 Å². The molecule has 1 aliphatic carbocycles. The Morgan fingerprint density at radius 3 is 2.57 bits per heavy atom. The highest BCUT2D eigenvalue weighted by molar-refractivity contribution is 5.78. The zero-order chi connectivity index (χ0) is 15.3. The smallest absolute Gasteiger partial charge is 0.376 e. The van der Waals surface area contributed by atoms with E-state index in [1.807, 2.05) is 0 Å². The van der Waals surface area contributed by atoms with Crippen molar-refractivity contribution >= 4 is 11.9 Å². The maximum atomic E-state index is 12.8. The predicted molar refractivity (Wildman–Crippen MR) is 62.4 cm³/mol. The van der Waals surface area contributed by atoms with Gasteiger partial charge in [0, 0.05) is 19.8 Å². The van der Waals surface area contributed by atoms with E-state index in [0.717, 1.165) is 0 Å². The zero-order valence-electron chi connectivity index (χ0n) is 11.5. The molecule has 3 rings (SSSR count). The van der Waals surface area contributed by atoms with E-state index in [-0.39, 0.29) is 6.61 Å². The molecule has 2 saturated heterocycles. The van der Waals surface area contributed by atoms with Crippen LogP contribution in [-0.4, -0.2) is 48.6 Å². The summed E-state index contributed by atoms with van der Waals surface area (Å²) < 4.78 is 46.6. The van der Waals surface area contributed by atoms with E-state index in [0.29, 0.717) is 32.6 Å². The molecule has 2 aliphatic heterocycles. The number of rotatable bonds is 2. The third kappa shape index (κ3) is 2.74. The van der Waals surface area contributed by atoms with E-state index in [4.69, 9.17) is 18.9 Å². The van der Waals surface area contributed by atoms with Gasteiger partial charge in [-0.3, -0.25) is 0 Å². The molecule has 3 aliphatic rings. The molecule has 1 saturated carbocycles. The van der Waals surface area contributed by atoms with Gasteiger partial charge in [0.2, 0.25) is 0 Å². The average Bonchev–Trinajstić information content (AvgIpc) is 2.91. The lowest BCUT2D eigenvalue weighted by atomic mass is 9.91. The number of fused-ring (bicyclic) bond motifs is 1. The molecule has 1 spiro atoms. The van der Waals surface area contributed by atoms with Crippen LogP contribution in [0.1, 0.15) is 32.6 Å². The topological polar surface area (TPSA) is 71.1 Å². The summed E-state index contributed by atoms with van der Waals surface area (Å²) in [5.74, 6) is -6.32. The van der Waals surface area contributed by atoms with Gasteiger partial charge < -0.3 is 18.9 Å². The first-order valence-corrected chi connectivity index (χ1v) is 6.90. The first-order valence-electron chi connectivity index (χ1n) is 6.90. The van der Waals surface area contributed by atoms with Crippen molar-refractivity contribution in [2.24, 2.45) is 0 Å². The van der Waals surface area contributed by atoms with Crippen molar-refractivity contribution in [2.45, 2.75) is 62.6 Å². The van der Waals surface area contributed by atoms with Crippen molar-refractivity contribution in [1.29, 1.82) is 0 Å². The molecule has 21 heavy (non-hydrogen) atoms. The molecule has 2 unspecified atom stereocenters. The summed E-state index contributed by atoms with van der Waals surface area (Å²) in [7, 11) is 0. The van der Waals surface area contributed by atoms with Crippen LogP contribution < -0.4 is 0 Å². The number of carbonyl (C=O) groups excluding carboxylic acids is 2. The second kappa shape index (κ2) is 4.88. The van der Waals surface area contributed by atoms with Gasteiger partial charge in [-0.1, -0.05) is 0 Å². The van der Waals surface area contributed by atoms with Crippen LogP contribution in [0.25, 0.3) is 0 Å². The highest BCUT2D eigenvalue weighted by Crippen LogP contribution is 2.43. The number of ether oxygens (including phenoxy) is 4. The van der Waals surface area contributed by atoms with Crippen LogP contribution in [0.4, 0.5) is 8.78 Å². The van der Waals surface area contributed by atoms with Gasteiger partial charge in [0.25, 0.3) is 0 Å². The zero-order valence-corrected chi connectivity index (χ0v) is 11.5. The lowest BCUT2D eigenvalue weighted by Crippen LogP contribution is -2.41. The van der Waals surface area contributed by atoms with Crippen LogP contribution in [0.3, 0.4) is 0 Å². The molecule has 0 N–H and O–H groups in total. The molecular formula is C13H16F2O6. The summed E-state index contributed by atoms with van der Waals surface area (Å²) in [6.45, 7) is 0.682. The third-order valence-electron chi connectivity index (χ3n) is 3.99. The van der Waals surface area contributed by atoms with E-state index < -0.39 is 42.0 Å². The Kier molecular flexibility index (Phi) is 3.40. The summed E-state index contributed by atoms with van der Waals surface area (Å²) >= 11 is 0. The first kappa shape index (κ1) is 14.6. The van der Waals surface area contributed by atoms with Crippen LogP contribution in [0.2, 0.25) is 0 Å². The molecular weight excluding hydrogens is 290 g/mol. The van der Waals surface area contributed by atoms with Crippen LogP contribution in [0.15, 0.2) is 0 Å². The monoisotopic (exact) mass is 306 g/mol. The largest absolute Gasteiger partial charge is 0.461 e. The molecule has 0 amide bonds. The molecule has 3 fully saturated rings. The fraction of sp³-hybridized carbons (Fsp3) is 0.846. The number of hydrogen-bond donors (Lipinski definition) is 0. The van der Waals surface area contributed by atoms with E-state index in [9.17, 15) is 18.4 Å². The summed E-state index contributed by atoms with van der Waals surface area (Å²) in [6, 6.07) is 0. The highest BCUT2D eigenvalue weighted by atomic mass is 19.3. The quantitative estimate of drug-likeness (QED) is 0.713. The van der Waals surface area contributed by atoms with E-state index in [2.05, 4.69) is 0 Å². The standard InChI is InChI=1S/C13H16F2O6/c1-12(14,15)11(17)19-7-2-4-13(5-3-7)20-8-6-18-10(16)9(8)21-13/h7-9H,2-6H2,1H3. The molecule has 0 bridgehead atoms. The lowest BCUT2D eigenvalue weighted by molar-refractivity contribution is -0.222. The number of hydrogen-bond acceptors (Lipinski definition) is 6. The molecule has 6 nitrogen and oxygen atoms in total. The molecule has 0 aromatic heterocycles. The van der Waals surface area contributed by atoms with Gasteiger partial charge in [0.05, 0.1) is 0 Å². The van der Waals surface area contributed by atoms with E-state index in [1.54, 1.807) is 0 Å². The van der Waals surface area contributed by atoms with Gasteiger partial charge >= 0.3 is 17.9 Å². The first-order chi connectivity index (χ1) is 9.79. The van der Waals surface area contributed by atoms with Gasteiger partial charge in [-0.05, 0) is 12.8 Å². The Balaban J connectivity index is 1.54. The van der Waals surface area contributed by atoms with Crippen molar-refractivity contribution in [2.75, 3.05) is 6.61 Å². The van der Waals surface area contributed by atoms with Crippen LogP contribution in [0.5, 0.6) is 0 Å². The number of halogens is 2. The van der Waals surface area contributed by atoms with Crippen molar-refractivity contribution < 1.29 is 37.3 Å². The Bertz CT molecular complexity index is 452. The Hall–Kier alpha value is -1.28. The maximum absolute atomic E-state index is 12.8. The molecule has 118 valence electrons. The van der Waals surface area contributed by atoms with Gasteiger partial charge in [-0.15, -0.1) is 0 Å². The number of carbonyl (C=O) groups is 2. The van der Waals surface area contributed by atoms with Crippen molar-refractivity contribution in [3.8, 4) is 0 Å². The van der Waals surface area contributed by atoms with E-state index in [1.165, 1.54) is 0 Å².